The molecule has 1 heterocycles. The Labute approximate surface area is 91.4 Å². The molecule has 14 heavy (non-hydrogen) atoms. The zero-order valence-electron chi connectivity index (χ0n) is 9.09. The highest BCUT2D eigenvalue weighted by Gasteiger charge is 2.31. The number of thioether (sulfide) groups is 1. The molecule has 2 fully saturated rings. The summed E-state index contributed by atoms with van der Waals surface area (Å²) < 4.78 is 0.507. The van der Waals surface area contributed by atoms with E-state index in [-0.39, 0.29) is 0 Å². The van der Waals surface area contributed by atoms with Gasteiger partial charge in [-0.3, -0.25) is 0 Å². The van der Waals surface area contributed by atoms with Crippen molar-refractivity contribution in [3.05, 3.63) is 0 Å². The van der Waals surface area contributed by atoms with Gasteiger partial charge in [-0.05, 0) is 44.8 Å². The van der Waals surface area contributed by atoms with Crippen LogP contribution in [-0.2, 0) is 0 Å². The zero-order chi connectivity index (χ0) is 10.0. The Morgan fingerprint density at radius 1 is 1.50 bits per heavy atom. The van der Waals surface area contributed by atoms with Crippen molar-refractivity contribution in [3.8, 4) is 0 Å². The van der Waals surface area contributed by atoms with E-state index in [2.05, 4.69) is 24.0 Å². The Kier molecular flexibility index (Phi) is 3.40. The summed E-state index contributed by atoms with van der Waals surface area (Å²) in [5.41, 5.74) is 5.90. The minimum absolute atomic E-state index is 0.455. The average molecular weight is 214 g/mol. The monoisotopic (exact) mass is 214 g/mol. The van der Waals surface area contributed by atoms with Crippen LogP contribution in [0.2, 0.25) is 0 Å². The molecule has 0 bridgehead atoms. The lowest BCUT2D eigenvalue weighted by Gasteiger charge is -2.25. The van der Waals surface area contributed by atoms with Crippen LogP contribution < -0.4 is 11.1 Å². The van der Waals surface area contributed by atoms with Crippen LogP contribution >= 0.6 is 11.8 Å². The summed E-state index contributed by atoms with van der Waals surface area (Å²) in [6.45, 7) is 3.57. The highest BCUT2D eigenvalue weighted by Crippen LogP contribution is 2.37. The number of nitrogens with two attached hydrogens (primary N) is 1. The molecule has 1 aliphatic heterocycles. The summed E-state index contributed by atoms with van der Waals surface area (Å²) in [4.78, 5) is 0. The van der Waals surface area contributed by atoms with E-state index in [1.807, 2.05) is 0 Å². The quantitative estimate of drug-likeness (QED) is 0.751. The van der Waals surface area contributed by atoms with E-state index in [0.717, 1.165) is 0 Å². The van der Waals surface area contributed by atoms with Crippen LogP contribution in [-0.4, -0.2) is 29.1 Å². The van der Waals surface area contributed by atoms with Gasteiger partial charge in [-0.2, -0.15) is 11.8 Å². The molecule has 0 aromatic heterocycles. The molecule has 3 N–H and O–H groups in total. The predicted molar refractivity (Wildman–Crippen MR) is 63.7 cm³/mol. The number of rotatable bonds is 3. The van der Waals surface area contributed by atoms with E-state index < -0.39 is 0 Å². The second kappa shape index (κ2) is 4.42. The fourth-order valence-electron chi connectivity index (χ4n) is 2.54. The van der Waals surface area contributed by atoms with Gasteiger partial charge >= 0.3 is 0 Å². The van der Waals surface area contributed by atoms with Crippen molar-refractivity contribution < 1.29 is 0 Å². The number of hydrogen-bond acceptors (Lipinski definition) is 3. The summed E-state index contributed by atoms with van der Waals surface area (Å²) in [6.07, 6.45) is 6.45. The van der Waals surface area contributed by atoms with Crippen LogP contribution in [0.1, 0.15) is 39.0 Å². The minimum atomic E-state index is 0.455. The van der Waals surface area contributed by atoms with E-state index in [0.29, 0.717) is 16.8 Å². The molecule has 2 aliphatic rings. The molecule has 1 aliphatic carbocycles. The van der Waals surface area contributed by atoms with Crippen molar-refractivity contribution >= 4 is 11.8 Å². The average Bonchev–Trinajstić information content (AvgIpc) is 2.73. The molecule has 1 saturated heterocycles. The molecular weight excluding hydrogens is 192 g/mol. The van der Waals surface area contributed by atoms with Crippen LogP contribution in [0.25, 0.3) is 0 Å². The summed E-state index contributed by atoms with van der Waals surface area (Å²) in [7, 11) is 0. The SMILES string of the molecule is CC1(CNC2CCC(N)C2)CCCS1. The fraction of sp³-hybridized carbons (Fsp3) is 1.00. The first-order chi connectivity index (χ1) is 6.68. The maximum Gasteiger partial charge on any atom is 0.0256 e. The van der Waals surface area contributed by atoms with Gasteiger partial charge in [-0.25, -0.2) is 0 Å². The Morgan fingerprint density at radius 3 is 2.93 bits per heavy atom. The van der Waals surface area contributed by atoms with Gasteiger partial charge in [0.15, 0.2) is 0 Å². The lowest BCUT2D eigenvalue weighted by molar-refractivity contribution is 0.462. The molecular formula is C11H22N2S. The first-order valence-electron chi connectivity index (χ1n) is 5.81. The minimum Gasteiger partial charge on any atom is -0.328 e. The molecule has 82 valence electrons. The standard InChI is InChI=1S/C11H22N2S/c1-11(5-2-6-14-11)8-13-10-4-3-9(12)7-10/h9-10,13H,2-8,12H2,1H3. The molecule has 1 saturated carbocycles. The van der Waals surface area contributed by atoms with Gasteiger partial charge in [0.1, 0.15) is 0 Å². The maximum absolute atomic E-state index is 5.90. The van der Waals surface area contributed by atoms with Crippen molar-refractivity contribution in [2.24, 2.45) is 5.73 Å². The van der Waals surface area contributed by atoms with Crippen molar-refractivity contribution in [1.82, 2.24) is 5.32 Å². The van der Waals surface area contributed by atoms with Crippen LogP contribution in [0.5, 0.6) is 0 Å². The third kappa shape index (κ3) is 2.65. The molecule has 3 atom stereocenters. The lowest BCUT2D eigenvalue weighted by Crippen LogP contribution is -2.38. The lowest BCUT2D eigenvalue weighted by atomic mass is 10.1. The van der Waals surface area contributed by atoms with E-state index in [1.54, 1.807) is 0 Å². The van der Waals surface area contributed by atoms with Gasteiger partial charge in [0.25, 0.3) is 0 Å². The predicted octanol–water partition coefficient (Wildman–Crippen LogP) is 1.74. The molecule has 0 amide bonds. The number of hydrogen-bond donors (Lipinski definition) is 2. The summed E-state index contributed by atoms with van der Waals surface area (Å²) in [5.74, 6) is 1.35. The van der Waals surface area contributed by atoms with Crippen molar-refractivity contribution in [3.63, 3.8) is 0 Å². The highest BCUT2D eigenvalue weighted by molar-refractivity contribution is 8.00. The third-order valence-corrected chi connectivity index (χ3v) is 5.08. The van der Waals surface area contributed by atoms with E-state index in [4.69, 9.17) is 5.73 Å². The van der Waals surface area contributed by atoms with Gasteiger partial charge in [0, 0.05) is 23.4 Å². The van der Waals surface area contributed by atoms with E-state index >= 15 is 0 Å². The second-order valence-electron chi connectivity index (χ2n) is 5.05. The smallest absolute Gasteiger partial charge is 0.0256 e. The molecule has 3 heteroatoms. The van der Waals surface area contributed by atoms with E-state index in [1.165, 1.54) is 44.4 Å². The normalized spacial score (nSPS) is 43.3. The third-order valence-electron chi connectivity index (χ3n) is 3.54. The maximum atomic E-state index is 5.90. The summed E-state index contributed by atoms with van der Waals surface area (Å²) in [6, 6.07) is 1.15. The second-order valence-corrected chi connectivity index (χ2v) is 6.74. The molecule has 2 nitrogen and oxygen atoms in total. The molecule has 0 aromatic rings. The van der Waals surface area contributed by atoms with Crippen molar-refractivity contribution in [1.29, 1.82) is 0 Å². The van der Waals surface area contributed by atoms with Gasteiger partial charge < -0.3 is 11.1 Å². The molecule has 0 spiro atoms. The largest absolute Gasteiger partial charge is 0.328 e. The molecule has 0 aromatic carbocycles. The first kappa shape index (κ1) is 10.8. The Hall–Kier alpha value is 0.270. The van der Waals surface area contributed by atoms with Crippen LogP contribution in [0.15, 0.2) is 0 Å². The molecule has 2 rings (SSSR count). The van der Waals surface area contributed by atoms with Crippen LogP contribution in [0, 0.1) is 0 Å². The number of nitrogens with one attached hydrogen (secondary N) is 1. The highest BCUT2D eigenvalue weighted by atomic mass is 32.2. The summed E-state index contributed by atoms with van der Waals surface area (Å²) >= 11 is 2.14. The van der Waals surface area contributed by atoms with Crippen LogP contribution in [0.3, 0.4) is 0 Å². The zero-order valence-corrected chi connectivity index (χ0v) is 9.91. The van der Waals surface area contributed by atoms with Crippen molar-refractivity contribution in [2.45, 2.75) is 55.9 Å². The van der Waals surface area contributed by atoms with Crippen molar-refractivity contribution in [2.75, 3.05) is 12.3 Å². The Bertz CT molecular complexity index is 190. The molecule has 0 radical (unpaired) electrons. The van der Waals surface area contributed by atoms with Crippen LogP contribution in [0.4, 0.5) is 0 Å². The van der Waals surface area contributed by atoms with Gasteiger partial charge in [-0.1, -0.05) is 0 Å². The first-order valence-corrected chi connectivity index (χ1v) is 6.79. The Balaban J connectivity index is 1.71. The van der Waals surface area contributed by atoms with Gasteiger partial charge in [0.2, 0.25) is 0 Å². The molecule has 3 unspecified atom stereocenters. The van der Waals surface area contributed by atoms with Gasteiger partial charge in [0.05, 0.1) is 0 Å². The Morgan fingerprint density at radius 2 is 2.36 bits per heavy atom. The summed E-state index contributed by atoms with van der Waals surface area (Å²) in [5, 5.41) is 3.69. The van der Waals surface area contributed by atoms with E-state index in [9.17, 15) is 0 Å². The fourth-order valence-corrected chi connectivity index (χ4v) is 3.79. The topological polar surface area (TPSA) is 38.0 Å². The van der Waals surface area contributed by atoms with Gasteiger partial charge in [-0.15, -0.1) is 0 Å².